The van der Waals surface area contributed by atoms with Crippen LogP contribution in [0.2, 0.25) is 0 Å². The second kappa shape index (κ2) is 10.7. The average molecular weight is 552 g/mol. The van der Waals surface area contributed by atoms with Gasteiger partial charge in [-0.3, -0.25) is 0 Å². The fourth-order valence-corrected chi connectivity index (χ4v) is 5.43. The first-order chi connectivity index (χ1) is 19.6. The molecule has 2 aromatic heterocycles. The van der Waals surface area contributed by atoms with Gasteiger partial charge in [0.1, 0.15) is 29.1 Å². The molecule has 1 N–H and O–H groups in total. The number of fused-ring (bicyclic) bond motifs is 2. The maximum Gasteiger partial charge on any atom is 0.353 e. The first kappa shape index (κ1) is 25.4. The van der Waals surface area contributed by atoms with Crippen LogP contribution in [0.1, 0.15) is 21.6 Å². The summed E-state index contributed by atoms with van der Waals surface area (Å²) in [4.78, 5) is 12.9. The van der Waals surface area contributed by atoms with Gasteiger partial charge in [-0.2, -0.15) is 8.75 Å². The Labute approximate surface area is 234 Å². The third-order valence-electron chi connectivity index (χ3n) is 6.83. The van der Waals surface area contributed by atoms with Crippen molar-refractivity contribution in [3.63, 3.8) is 0 Å². The summed E-state index contributed by atoms with van der Waals surface area (Å²) >= 11 is 1.15. The Morgan fingerprint density at radius 1 is 0.850 bits per heavy atom. The summed E-state index contributed by atoms with van der Waals surface area (Å²) in [7, 11) is 3.18. The van der Waals surface area contributed by atoms with E-state index < -0.39 is 5.97 Å². The zero-order chi connectivity index (χ0) is 27.6. The minimum Gasteiger partial charge on any atom is -0.497 e. The van der Waals surface area contributed by atoms with Crippen molar-refractivity contribution in [3.8, 4) is 28.4 Å². The summed E-state index contributed by atoms with van der Waals surface area (Å²) in [6, 6.07) is 26.7. The third-order valence-corrected chi connectivity index (χ3v) is 7.38. The molecule has 0 fully saturated rings. The van der Waals surface area contributed by atoms with Crippen molar-refractivity contribution in [2.75, 3.05) is 14.2 Å². The van der Waals surface area contributed by atoms with Crippen molar-refractivity contribution in [1.29, 1.82) is 0 Å². The van der Waals surface area contributed by atoms with Crippen LogP contribution in [-0.2, 0) is 13.2 Å². The first-order valence-corrected chi connectivity index (χ1v) is 13.3. The monoisotopic (exact) mass is 551 g/mol. The highest BCUT2D eigenvalue weighted by Crippen LogP contribution is 2.42. The van der Waals surface area contributed by atoms with Crippen molar-refractivity contribution >= 4 is 39.6 Å². The number of aromatic nitrogens is 3. The van der Waals surface area contributed by atoms with E-state index in [4.69, 9.17) is 14.2 Å². The molecule has 0 amide bonds. The van der Waals surface area contributed by atoms with Crippen LogP contribution in [0, 0.1) is 0 Å². The Balaban J connectivity index is 1.55. The number of ether oxygens (including phenoxy) is 3. The predicted molar refractivity (Wildman–Crippen MR) is 155 cm³/mol. The van der Waals surface area contributed by atoms with E-state index in [0.29, 0.717) is 41.5 Å². The van der Waals surface area contributed by atoms with Crippen molar-refractivity contribution in [2.45, 2.75) is 13.2 Å². The molecule has 8 nitrogen and oxygen atoms in total. The molecule has 4 aromatic carbocycles. The topological polar surface area (TPSA) is 95.7 Å². The van der Waals surface area contributed by atoms with Gasteiger partial charge in [0.15, 0.2) is 11.5 Å². The van der Waals surface area contributed by atoms with Gasteiger partial charge >= 0.3 is 5.97 Å². The number of benzene rings is 4. The molecule has 0 saturated heterocycles. The molecule has 6 aromatic rings. The van der Waals surface area contributed by atoms with E-state index in [1.807, 2.05) is 89.5 Å². The van der Waals surface area contributed by atoms with Gasteiger partial charge < -0.3 is 23.9 Å². The number of methoxy groups -OCH3 is 2. The molecule has 0 unspecified atom stereocenters. The maximum absolute atomic E-state index is 12.9. The molecule has 0 radical (unpaired) electrons. The van der Waals surface area contributed by atoms with Crippen LogP contribution >= 0.6 is 11.7 Å². The van der Waals surface area contributed by atoms with Gasteiger partial charge in [-0.05, 0) is 47.0 Å². The molecule has 0 bridgehead atoms. The summed E-state index contributed by atoms with van der Waals surface area (Å²) < 4.78 is 27.7. The van der Waals surface area contributed by atoms with E-state index >= 15 is 0 Å². The van der Waals surface area contributed by atoms with Crippen LogP contribution < -0.4 is 14.2 Å². The second-order valence-corrected chi connectivity index (χ2v) is 9.75. The van der Waals surface area contributed by atoms with Gasteiger partial charge in [0.05, 0.1) is 31.5 Å². The van der Waals surface area contributed by atoms with Crippen molar-refractivity contribution < 1.29 is 24.1 Å². The maximum atomic E-state index is 12.9. The van der Waals surface area contributed by atoms with Crippen LogP contribution in [0.3, 0.4) is 0 Å². The molecule has 0 saturated carbocycles. The van der Waals surface area contributed by atoms with Crippen molar-refractivity contribution in [3.05, 3.63) is 102 Å². The van der Waals surface area contributed by atoms with E-state index in [2.05, 4.69) is 8.75 Å². The Morgan fingerprint density at radius 3 is 2.35 bits per heavy atom. The molecule has 40 heavy (non-hydrogen) atoms. The number of hydrogen-bond acceptors (Lipinski definition) is 7. The van der Waals surface area contributed by atoms with Crippen LogP contribution in [0.25, 0.3) is 33.1 Å². The van der Waals surface area contributed by atoms with Gasteiger partial charge in [0.25, 0.3) is 0 Å². The number of hydrogen-bond donors (Lipinski definition) is 1. The quantitative estimate of drug-likeness (QED) is 0.215. The second-order valence-electron chi connectivity index (χ2n) is 9.23. The summed E-state index contributed by atoms with van der Waals surface area (Å²) in [5.74, 6) is 0.685. The van der Waals surface area contributed by atoms with Crippen molar-refractivity contribution in [1.82, 2.24) is 13.3 Å². The highest BCUT2D eigenvalue weighted by molar-refractivity contribution is 7.00. The zero-order valence-electron chi connectivity index (χ0n) is 21.8. The van der Waals surface area contributed by atoms with Gasteiger partial charge in [-0.15, -0.1) is 0 Å². The van der Waals surface area contributed by atoms with Crippen LogP contribution in [0.4, 0.5) is 0 Å². The van der Waals surface area contributed by atoms with E-state index in [9.17, 15) is 9.90 Å². The lowest BCUT2D eigenvalue weighted by molar-refractivity contribution is 0.0687. The summed E-state index contributed by atoms with van der Waals surface area (Å²) in [6.07, 6.45) is 0. The van der Waals surface area contributed by atoms with Gasteiger partial charge in [-0.25, -0.2) is 4.79 Å². The number of carboxylic acids is 1. The lowest BCUT2D eigenvalue weighted by Crippen LogP contribution is -2.10. The fraction of sp³-hybridized carbons (Fsp3) is 0.129. The number of carbonyl (C=O) groups is 1. The largest absolute Gasteiger partial charge is 0.497 e. The lowest BCUT2D eigenvalue weighted by atomic mass is 10.0. The third kappa shape index (κ3) is 4.71. The molecule has 0 spiro atoms. The van der Waals surface area contributed by atoms with Gasteiger partial charge in [0, 0.05) is 23.6 Å². The van der Waals surface area contributed by atoms with Crippen LogP contribution in [0.5, 0.6) is 17.2 Å². The van der Waals surface area contributed by atoms with Gasteiger partial charge in [-0.1, -0.05) is 48.5 Å². The number of carboxylic acid groups (broad SMARTS) is 1. The molecule has 0 atom stereocenters. The Morgan fingerprint density at radius 2 is 1.62 bits per heavy atom. The average Bonchev–Trinajstić information content (AvgIpc) is 3.58. The van der Waals surface area contributed by atoms with E-state index in [0.717, 1.165) is 44.8 Å². The molecular weight excluding hydrogens is 526 g/mol. The summed E-state index contributed by atoms with van der Waals surface area (Å²) in [5.41, 5.74) is 5.72. The Bertz CT molecular complexity index is 1830. The number of aromatic carboxylic acids is 1. The SMILES string of the molecule is COc1ccc(-c2c(C(=O)O)n(Cc3ccc4nsnc4c3)c3cc(OCc4ccccc4)c(OC)cc23)cc1. The van der Waals surface area contributed by atoms with E-state index in [-0.39, 0.29) is 5.69 Å². The summed E-state index contributed by atoms with van der Waals surface area (Å²) in [5, 5.41) is 11.3. The first-order valence-electron chi connectivity index (χ1n) is 12.6. The van der Waals surface area contributed by atoms with Crippen molar-refractivity contribution in [2.24, 2.45) is 0 Å². The van der Waals surface area contributed by atoms with E-state index in [1.54, 1.807) is 14.2 Å². The lowest BCUT2D eigenvalue weighted by Gasteiger charge is -2.13. The number of rotatable bonds is 9. The predicted octanol–water partition coefficient (Wildman–Crippen LogP) is 6.66. The minimum atomic E-state index is -1.04. The molecule has 0 aliphatic carbocycles. The standard InChI is InChI=1S/C31H25N3O5S/c1-37-22-11-9-21(10-12-22)29-23-15-27(38-2)28(39-18-19-6-4-3-5-7-19)16-26(23)34(30(29)31(35)36)17-20-8-13-24-25(14-20)33-40-32-24/h3-16H,17-18H2,1-2H3,(H,35,36). The summed E-state index contributed by atoms with van der Waals surface area (Å²) in [6.45, 7) is 0.653. The molecule has 0 aliphatic heterocycles. The molecule has 200 valence electrons. The Hall–Kier alpha value is -4.89. The van der Waals surface area contributed by atoms with Crippen LogP contribution in [0.15, 0.2) is 84.9 Å². The minimum absolute atomic E-state index is 0.166. The molecule has 6 rings (SSSR count). The van der Waals surface area contributed by atoms with Crippen LogP contribution in [-0.4, -0.2) is 38.6 Å². The highest BCUT2D eigenvalue weighted by Gasteiger charge is 2.26. The van der Waals surface area contributed by atoms with E-state index in [1.165, 1.54) is 0 Å². The molecule has 0 aliphatic rings. The smallest absolute Gasteiger partial charge is 0.353 e. The number of nitrogens with zero attached hydrogens (tertiary/aromatic N) is 3. The Kier molecular flexibility index (Phi) is 6.79. The normalized spacial score (nSPS) is 11.2. The van der Waals surface area contributed by atoms with Gasteiger partial charge in [0.2, 0.25) is 0 Å². The molecule has 2 heterocycles. The highest BCUT2D eigenvalue weighted by atomic mass is 32.1. The molecule has 9 heteroatoms. The fourth-order valence-electron chi connectivity index (χ4n) is 4.91. The zero-order valence-corrected chi connectivity index (χ0v) is 22.6. The molecular formula is C31H25N3O5S.